The van der Waals surface area contributed by atoms with Crippen LogP contribution in [0.3, 0.4) is 0 Å². The van der Waals surface area contributed by atoms with Crippen LogP contribution in [0.4, 0.5) is 0 Å². The fourth-order valence-corrected chi connectivity index (χ4v) is 13.1. The van der Waals surface area contributed by atoms with E-state index in [-0.39, 0.29) is 18.9 Å². The summed E-state index contributed by atoms with van der Waals surface area (Å²) in [7, 11) is 0. The average molecular weight is 1310 g/mol. The lowest BCUT2D eigenvalue weighted by atomic mass is 9.97. The summed E-state index contributed by atoms with van der Waals surface area (Å²) < 4.78 is 22.9. The lowest BCUT2D eigenvalue weighted by Gasteiger charge is -2.46. The molecule has 1 amide bonds. The second-order valence-corrected chi connectivity index (χ2v) is 27.8. The maximum absolute atomic E-state index is 13.4. The number of amides is 1. The van der Waals surface area contributed by atoms with E-state index in [2.05, 4.69) is 43.5 Å². The molecule has 2 rings (SSSR count). The van der Waals surface area contributed by atoms with Crippen LogP contribution in [-0.4, -0.2) is 140 Å². The molecule has 14 nitrogen and oxygen atoms in total. The molecule has 0 aliphatic carbocycles. The zero-order valence-corrected chi connectivity index (χ0v) is 59.3. The predicted molar refractivity (Wildman–Crippen MR) is 378 cm³/mol. The maximum Gasteiger partial charge on any atom is 0.220 e. The Bertz CT molecular complexity index is 1680. The van der Waals surface area contributed by atoms with Gasteiger partial charge in [0.25, 0.3) is 0 Å². The van der Waals surface area contributed by atoms with Crippen molar-refractivity contribution in [3.63, 3.8) is 0 Å². The van der Waals surface area contributed by atoms with Crippen LogP contribution in [0.1, 0.15) is 361 Å². The van der Waals surface area contributed by atoms with Crippen LogP contribution in [-0.2, 0) is 23.7 Å². The monoisotopic (exact) mass is 1310 g/mol. The first-order chi connectivity index (χ1) is 45.1. The number of nitrogens with one attached hydrogen (secondary N) is 1. The summed E-state index contributed by atoms with van der Waals surface area (Å²) in [6.07, 6.45) is 65.0. The highest BCUT2D eigenvalue weighted by molar-refractivity contribution is 5.76. The fraction of sp³-hybridized carbons (Fsp3) is 0.910. The second-order valence-electron chi connectivity index (χ2n) is 27.8. The van der Waals surface area contributed by atoms with Crippen molar-refractivity contribution in [2.45, 2.75) is 434 Å². The molecule has 2 heterocycles. The van der Waals surface area contributed by atoms with Crippen LogP contribution in [0.2, 0.25) is 0 Å². The minimum Gasteiger partial charge on any atom is -0.394 e. The van der Waals surface area contributed by atoms with Crippen molar-refractivity contribution in [1.29, 1.82) is 0 Å². The second kappa shape index (κ2) is 62.7. The molecule has 2 aliphatic heterocycles. The molecular weight excluding hydrogens is 1160 g/mol. The standard InChI is InChI=1S/C78H147NO13/c1-3-5-7-9-11-13-15-17-19-21-23-25-27-29-31-32-33-34-36-38-40-42-44-46-48-50-52-54-56-58-60-62-70(83)79-66(65-89-77-75(88)73(86)76(69(64-81)91-77)92-78-74(87)72(85)71(84)68(63-80)90-78)67(82)61-59-57-55-53-51-49-47-45-43-41-39-37-35-30-28-26-24-22-20-18-16-14-12-10-8-6-4-2/h15,17,21,23,59,61,66-69,71-78,80-82,84-88H,3-14,16,18-20,22,24-58,60,62-65H2,1-2H3,(H,79,83)/b17-15-,23-21-,61-59+. The molecule has 2 aliphatic rings. The Hall–Kier alpha value is -1.79. The van der Waals surface area contributed by atoms with Gasteiger partial charge in [-0.3, -0.25) is 4.79 Å². The number of ether oxygens (including phenoxy) is 4. The maximum atomic E-state index is 13.4. The molecule has 542 valence electrons. The molecule has 0 saturated carbocycles. The van der Waals surface area contributed by atoms with E-state index in [1.54, 1.807) is 6.08 Å². The van der Waals surface area contributed by atoms with Gasteiger partial charge in [-0.2, -0.15) is 0 Å². The van der Waals surface area contributed by atoms with Gasteiger partial charge in [0.15, 0.2) is 12.6 Å². The summed E-state index contributed by atoms with van der Waals surface area (Å²) in [4.78, 5) is 13.4. The summed E-state index contributed by atoms with van der Waals surface area (Å²) in [5, 5.41) is 87.7. The molecule has 0 radical (unpaired) electrons. The molecular formula is C78H147NO13. The highest BCUT2D eigenvalue weighted by Gasteiger charge is 2.51. The van der Waals surface area contributed by atoms with Gasteiger partial charge in [-0.25, -0.2) is 0 Å². The SMILES string of the molecule is CCCCCCC/C=C\C/C=C\CCCCCCCCCCCCCCCCCCCCCC(=O)NC(COC1OC(CO)C(OC2OC(CO)C(O)C(O)C2O)C(O)C1O)C(O)/C=C/CCCCCCCCCCCCCCCCCCCCCCCCCCC. The zero-order valence-electron chi connectivity index (χ0n) is 59.3. The number of rotatable bonds is 66. The first-order valence-corrected chi connectivity index (χ1v) is 39.2. The molecule has 2 fully saturated rings. The molecule has 92 heavy (non-hydrogen) atoms. The van der Waals surface area contributed by atoms with E-state index in [1.807, 2.05) is 6.08 Å². The minimum atomic E-state index is -1.79. The molecule has 12 atom stereocenters. The number of hydrogen-bond acceptors (Lipinski definition) is 13. The van der Waals surface area contributed by atoms with Gasteiger partial charge in [-0.15, -0.1) is 0 Å². The van der Waals surface area contributed by atoms with Crippen molar-refractivity contribution in [3.05, 3.63) is 36.5 Å². The van der Waals surface area contributed by atoms with Crippen molar-refractivity contribution in [1.82, 2.24) is 5.32 Å². The highest BCUT2D eigenvalue weighted by atomic mass is 16.7. The van der Waals surface area contributed by atoms with Gasteiger partial charge in [-0.1, -0.05) is 339 Å². The van der Waals surface area contributed by atoms with Crippen LogP contribution >= 0.6 is 0 Å². The van der Waals surface area contributed by atoms with Crippen LogP contribution in [0.15, 0.2) is 36.5 Å². The predicted octanol–water partition coefficient (Wildman–Crippen LogP) is 17.2. The number of carbonyl (C=O) groups excluding carboxylic acids is 1. The fourth-order valence-electron chi connectivity index (χ4n) is 13.1. The van der Waals surface area contributed by atoms with Gasteiger partial charge in [0.1, 0.15) is 48.8 Å². The number of unbranched alkanes of at least 4 members (excludes halogenated alkanes) is 49. The Morgan fingerprint density at radius 1 is 0.391 bits per heavy atom. The topological polar surface area (TPSA) is 228 Å². The third-order valence-electron chi connectivity index (χ3n) is 19.3. The Morgan fingerprint density at radius 3 is 1.09 bits per heavy atom. The van der Waals surface area contributed by atoms with Crippen molar-refractivity contribution in [2.24, 2.45) is 0 Å². The van der Waals surface area contributed by atoms with E-state index in [9.17, 15) is 45.6 Å². The minimum absolute atomic E-state index is 0.232. The number of allylic oxidation sites excluding steroid dienone is 5. The zero-order chi connectivity index (χ0) is 66.6. The van der Waals surface area contributed by atoms with Gasteiger partial charge in [0.05, 0.1) is 32.0 Å². The van der Waals surface area contributed by atoms with Crippen molar-refractivity contribution in [2.75, 3.05) is 19.8 Å². The summed E-state index contributed by atoms with van der Waals surface area (Å²) in [6.45, 7) is 2.85. The molecule has 14 heteroatoms. The molecule has 0 aromatic heterocycles. The molecule has 0 spiro atoms. The van der Waals surface area contributed by atoms with Crippen LogP contribution in [0, 0.1) is 0 Å². The normalized spacial score (nSPS) is 22.8. The Balaban J connectivity index is 1.63. The largest absolute Gasteiger partial charge is 0.394 e. The summed E-state index contributed by atoms with van der Waals surface area (Å²) in [5.41, 5.74) is 0. The van der Waals surface area contributed by atoms with Crippen molar-refractivity contribution < 1.29 is 64.6 Å². The molecule has 9 N–H and O–H groups in total. The van der Waals surface area contributed by atoms with Gasteiger partial charge < -0.3 is 65.1 Å². The van der Waals surface area contributed by atoms with Crippen LogP contribution in [0.25, 0.3) is 0 Å². The van der Waals surface area contributed by atoms with Gasteiger partial charge in [-0.05, 0) is 51.4 Å². The number of aliphatic hydroxyl groups is 8. The molecule has 0 bridgehead atoms. The summed E-state index contributed by atoms with van der Waals surface area (Å²) in [6, 6.07) is -0.915. The molecule has 2 saturated heterocycles. The quantitative estimate of drug-likeness (QED) is 0.0204. The van der Waals surface area contributed by atoms with E-state index in [0.29, 0.717) is 6.42 Å². The first-order valence-electron chi connectivity index (χ1n) is 39.2. The van der Waals surface area contributed by atoms with Crippen LogP contribution < -0.4 is 5.32 Å². The Kier molecular flexibility index (Phi) is 58.8. The van der Waals surface area contributed by atoms with E-state index >= 15 is 0 Å². The van der Waals surface area contributed by atoms with E-state index in [0.717, 1.165) is 44.9 Å². The smallest absolute Gasteiger partial charge is 0.220 e. The highest BCUT2D eigenvalue weighted by Crippen LogP contribution is 2.30. The molecule has 0 aromatic carbocycles. The van der Waals surface area contributed by atoms with Crippen molar-refractivity contribution >= 4 is 5.91 Å². The molecule has 12 unspecified atom stereocenters. The Labute approximate surface area is 563 Å². The summed E-state index contributed by atoms with van der Waals surface area (Å²) in [5.74, 6) is -0.232. The average Bonchev–Trinajstić information content (AvgIpc) is 0.844. The first kappa shape index (κ1) is 86.3. The van der Waals surface area contributed by atoms with Crippen LogP contribution in [0.5, 0.6) is 0 Å². The number of hydrogen-bond donors (Lipinski definition) is 9. The number of aliphatic hydroxyl groups excluding tert-OH is 8. The van der Waals surface area contributed by atoms with Gasteiger partial charge >= 0.3 is 0 Å². The third-order valence-corrected chi connectivity index (χ3v) is 19.3. The molecule has 0 aromatic rings. The van der Waals surface area contributed by atoms with E-state index in [4.69, 9.17) is 18.9 Å². The lowest BCUT2D eigenvalue weighted by Crippen LogP contribution is -2.65. The van der Waals surface area contributed by atoms with Gasteiger partial charge in [0, 0.05) is 6.42 Å². The lowest BCUT2D eigenvalue weighted by molar-refractivity contribution is -0.359. The van der Waals surface area contributed by atoms with Gasteiger partial charge in [0.2, 0.25) is 5.91 Å². The van der Waals surface area contributed by atoms with E-state index < -0.39 is 86.8 Å². The Morgan fingerprint density at radius 2 is 0.717 bits per heavy atom. The third kappa shape index (κ3) is 45.7. The number of carbonyl (C=O) groups is 1. The van der Waals surface area contributed by atoms with Crippen molar-refractivity contribution in [3.8, 4) is 0 Å². The van der Waals surface area contributed by atoms with E-state index in [1.165, 1.54) is 289 Å². The summed E-state index contributed by atoms with van der Waals surface area (Å²) >= 11 is 0.